The summed E-state index contributed by atoms with van der Waals surface area (Å²) in [5, 5.41) is 10.9. The van der Waals surface area contributed by atoms with Crippen molar-refractivity contribution in [2.75, 3.05) is 6.54 Å². The molecule has 1 aliphatic carbocycles. The summed E-state index contributed by atoms with van der Waals surface area (Å²) in [5.74, 6) is 1.80. The number of rotatable bonds is 4. The summed E-state index contributed by atoms with van der Waals surface area (Å²) in [5.41, 5.74) is 1.99. The molecule has 2 heterocycles. The van der Waals surface area contributed by atoms with Crippen LogP contribution < -0.4 is 15.4 Å². The third-order valence-corrected chi connectivity index (χ3v) is 5.26. The van der Waals surface area contributed by atoms with E-state index in [0.717, 1.165) is 43.2 Å². The van der Waals surface area contributed by atoms with E-state index in [1.54, 1.807) is 6.26 Å². The van der Waals surface area contributed by atoms with Crippen LogP contribution in [-0.4, -0.2) is 23.3 Å². The zero-order chi connectivity index (χ0) is 17.8. The van der Waals surface area contributed by atoms with E-state index in [-0.39, 0.29) is 11.6 Å². The molecule has 1 aromatic carbocycles. The van der Waals surface area contributed by atoms with E-state index in [2.05, 4.69) is 45.9 Å². The Bertz CT molecular complexity index is 751. The van der Waals surface area contributed by atoms with E-state index >= 15 is 0 Å². The molecule has 2 aliphatic rings. The summed E-state index contributed by atoms with van der Waals surface area (Å²) in [6.07, 6.45) is 7.30. The topological polar surface area (TPSA) is 71.7 Å². The molecular formula is C20H26N4O2. The number of aromatic nitrogens is 1. The minimum Gasteiger partial charge on any atom is -0.487 e. The molecule has 1 saturated carbocycles. The van der Waals surface area contributed by atoms with Gasteiger partial charge in [0.15, 0.2) is 5.96 Å². The van der Waals surface area contributed by atoms with Crippen molar-refractivity contribution in [1.82, 2.24) is 15.8 Å². The zero-order valence-electron chi connectivity index (χ0n) is 15.2. The van der Waals surface area contributed by atoms with Crippen molar-refractivity contribution >= 4 is 5.96 Å². The van der Waals surface area contributed by atoms with Crippen LogP contribution in [0.3, 0.4) is 0 Å². The van der Waals surface area contributed by atoms with Gasteiger partial charge in [0.25, 0.3) is 0 Å². The lowest BCUT2D eigenvalue weighted by Crippen LogP contribution is -2.46. The third kappa shape index (κ3) is 3.54. The second-order valence-electron chi connectivity index (χ2n) is 7.12. The lowest BCUT2D eigenvalue weighted by atomic mass is 9.86. The number of guanidine groups is 1. The molecule has 1 aliphatic heterocycles. The standard InChI is InChI=1S/C20H26N4O2/c1-2-21-19(22-14-15-9-12-25-24-15)23-17-13-20(10-5-6-11-20)26-18-8-4-3-7-16(17)18/h3-4,7-9,12,17H,2,5-6,10-11,13-14H2,1H3,(H2,21,22,23). The molecule has 2 aromatic rings. The van der Waals surface area contributed by atoms with Gasteiger partial charge in [-0.25, -0.2) is 4.99 Å². The summed E-state index contributed by atoms with van der Waals surface area (Å²) in [6.45, 7) is 3.37. The highest BCUT2D eigenvalue weighted by Crippen LogP contribution is 2.46. The third-order valence-electron chi connectivity index (χ3n) is 5.26. The summed E-state index contributed by atoms with van der Waals surface area (Å²) >= 11 is 0. The quantitative estimate of drug-likeness (QED) is 0.649. The van der Waals surface area contributed by atoms with E-state index in [1.165, 1.54) is 18.4 Å². The molecule has 1 aromatic heterocycles. The van der Waals surface area contributed by atoms with Crippen LogP contribution >= 0.6 is 0 Å². The van der Waals surface area contributed by atoms with Gasteiger partial charge in [-0.1, -0.05) is 23.4 Å². The maximum Gasteiger partial charge on any atom is 0.192 e. The van der Waals surface area contributed by atoms with E-state index in [4.69, 9.17) is 9.26 Å². The summed E-state index contributed by atoms with van der Waals surface area (Å²) in [6, 6.07) is 10.4. The fourth-order valence-corrected chi connectivity index (χ4v) is 4.04. The van der Waals surface area contributed by atoms with Gasteiger partial charge in [0.05, 0.1) is 12.6 Å². The molecule has 0 saturated heterocycles. The molecule has 0 radical (unpaired) electrons. The van der Waals surface area contributed by atoms with Crippen LogP contribution in [0.2, 0.25) is 0 Å². The number of para-hydroxylation sites is 1. The first kappa shape index (κ1) is 16.9. The van der Waals surface area contributed by atoms with Gasteiger partial charge in [-0.3, -0.25) is 0 Å². The number of benzene rings is 1. The first-order valence-corrected chi connectivity index (χ1v) is 9.50. The van der Waals surface area contributed by atoms with Gasteiger partial charge in [0.1, 0.15) is 23.3 Å². The monoisotopic (exact) mass is 354 g/mol. The Morgan fingerprint density at radius 2 is 2.12 bits per heavy atom. The fraction of sp³-hybridized carbons (Fsp3) is 0.500. The average molecular weight is 354 g/mol. The Kier molecular flexibility index (Phi) is 4.82. The number of aliphatic imine (C=N–C) groups is 1. The second kappa shape index (κ2) is 7.40. The van der Waals surface area contributed by atoms with Crippen LogP contribution in [-0.2, 0) is 6.54 Å². The second-order valence-corrected chi connectivity index (χ2v) is 7.12. The number of fused-ring (bicyclic) bond motifs is 1. The smallest absolute Gasteiger partial charge is 0.192 e. The molecule has 1 unspecified atom stereocenters. The lowest BCUT2D eigenvalue weighted by Gasteiger charge is -2.40. The van der Waals surface area contributed by atoms with Crippen LogP contribution in [0.1, 0.15) is 56.3 Å². The first-order chi connectivity index (χ1) is 12.8. The summed E-state index contributed by atoms with van der Waals surface area (Å²) in [7, 11) is 0. The highest BCUT2D eigenvalue weighted by atomic mass is 16.5. The van der Waals surface area contributed by atoms with Crippen LogP contribution in [0.4, 0.5) is 0 Å². The number of hydrogen-bond acceptors (Lipinski definition) is 4. The summed E-state index contributed by atoms with van der Waals surface area (Å²) < 4.78 is 11.3. The summed E-state index contributed by atoms with van der Waals surface area (Å²) in [4.78, 5) is 4.67. The van der Waals surface area contributed by atoms with E-state index in [1.807, 2.05) is 12.1 Å². The van der Waals surface area contributed by atoms with E-state index in [9.17, 15) is 0 Å². The number of nitrogens with zero attached hydrogens (tertiary/aromatic N) is 2. The number of ether oxygens (including phenoxy) is 1. The SMILES string of the molecule is CCNC(=NCc1ccon1)NC1CC2(CCCC2)Oc2ccccc21. The Balaban J connectivity index is 1.56. The average Bonchev–Trinajstić information content (AvgIpc) is 3.32. The van der Waals surface area contributed by atoms with Gasteiger partial charge in [0.2, 0.25) is 0 Å². The Labute approximate surface area is 154 Å². The van der Waals surface area contributed by atoms with Gasteiger partial charge >= 0.3 is 0 Å². The van der Waals surface area contributed by atoms with E-state index < -0.39 is 0 Å². The normalized spacial score (nSPS) is 21.3. The molecule has 1 spiro atoms. The molecular weight excluding hydrogens is 328 g/mol. The van der Waals surface area contributed by atoms with Crippen LogP contribution in [0.15, 0.2) is 46.1 Å². The van der Waals surface area contributed by atoms with Crippen molar-refractivity contribution in [2.45, 2.75) is 57.2 Å². The maximum absolute atomic E-state index is 6.45. The van der Waals surface area contributed by atoms with Gasteiger partial charge in [-0.15, -0.1) is 0 Å². The molecule has 26 heavy (non-hydrogen) atoms. The molecule has 2 N–H and O–H groups in total. The largest absolute Gasteiger partial charge is 0.487 e. The highest BCUT2D eigenvalue weighted by molar-refractivity contribution is 5.80. The van der Waals surface area contributed by atoms with Crippen molar-refractivity contribution in [1.29, 1.82) is 0 Å². The van der Waals surface area contributed by atoms with Crippen LogP contribution in [0.5, 0.6) is 5.75 Å². The van der Waals surface area contributed by atoms with Crippen molar-refractivity contribution in [2.24, 2.45) is 4.99 Å². The molecule has 1 atom stereocenters. The fourth-order valence-electron chi connectivity index (χ4n) is 4.04. The van der Waals surface area contributed by atoms with Crippen molar-refractivity contribution in [3.63, 3.8) is 0 Å². The minimum atomic E-state index is -0.0323. The van der Waals surface area contributed by atoms with Gasteiger partial charge in [-0.2, -0.15) is 0 Å². The van der Waals surface area contributed by atoms with Crippen molar-refractivity contribution < 1.29 is 9.26 Å². The van der Waals surface area contributed by atoms with E-state index in [0.29, 0.717) is 6.54 Å². The zero-order valence-corrected chi connectivity index (χ0v) is 15.2. The highest BCUT2D eigenvalue weighted by Gasteiger charge is 2.43. The first-order valence-electron chi connectivity index (χ1n) is 9.50. The van der Waals surface area contributed by atoms with Crippen LogP contribution in [0.25, 0.3) is 0 Å². The van der Waals surface area contributed by atoms with Gasteiger partial charge in [-0.05, 0) is 38.7 Å². The molecule has 1 fully saturated rings. The number of hydrogen-bond donors (Lipinski definition) is 2. The Hall–Kier alpha value is -2.50. The lowest BCUT2D eigenvalue weighted by molar-refractivity contribution is 0.0396. The van der Waals surface area contributed by atoms with Gasteiger partial charge in [0, 0.05) is 24.6 Å². The molecule has 6 heteroatoms. The van der Waals surface area contributed by atoms with Gasteiger partial charge < -0.3 is 19.9 Å². The van der Waals surface area contributed by atoms with Crippen molar-refractivity contribution in [3.8, 4) is 5.75 Å². The predicted octanol–water partition coefficient (Wildman–Crippen LogP) is 3.57. The Morgan fingerprint density at radius 1 is 1.27 bits per heavy atom. The maximum atomic E-state index is 6.45. The Morgan fingerprint density at radius 3 is 2.88 bits per heavy atom. The molecule has 0 bridgehead atoms. The molecule has 138 valence electrons. The minimum absolute atomic E-state index is 0.0323. The predicted molar refractivity (Wildman–Crippen MR) is 100 cm³/mol. The van der Waals surface area contributed by atoms with Crippen molar-refractivity contribution in [3.05, 3.63) is 47.9 Å². The number of nitrogens with one attached hydrogen (secondary N) is 2. The molecule has 6 nitrogen and oxygen atoms in total. The van der Waals surface area contributed by atoms with Crippen LogP contribution in [0, 0.1) is 0 Å². The molecule has 0 amide bonds. The molecule has 4 rings (SSSR count).